The minimum absolute atomic E-state index is 0. The van der Waals surface area contributed by atoms with E-state index in [0.717, 1.165) is 0 Å². The molecule has 0 unspecified atom stereocenters. The Labute approximate surface area is 158 Å². The van der Waals surface area contributed by atoms with E-state index in [-0.39, 0.29) is 90.8 Å². The number of hydrogen-bond donors (Lipinski definition) is 6. The van der Waals surface area contributed by atoms with Crippen LogP contribution in [0.4, 0.5) is 0 Å². The SMILES string of the molecule is O.O=[Si](O)O.O=[Si](O)O.O=[Si](O)O.[Na+].[Na+].[Zr]. The van der Waals surface area contributed by atoms with Gasteiger partial charge >= 0.3 is 86.6 Å². The zero-order chi connectivity index (χ0) is 10.7. The third kappa shape index (κ3) is 1180. The van der Waals surface area contributed by atoms with E-state index in [1.807, 2.05) is 0 Å². The third-order valence-electron chi connectivity index (χ3n) is 0. The quantitative estimate of drug-likeness (QED) is 0.217. The summed E-state index contributed by atoms with van der Waals surface area (Å²) in [7, 11) is -9.39. The van der Waals surface area contributed by atoms with Crippen LogP contribution in [0.15, 0.2) is 0 Å². The van der Waals surface area contributed by atoms with E-state index >= 15 is 0 Å². The molecule has 8 N–H and O–H groups in total. The average Bonchev–Trinajstić information content (AvgIpc) is 1.54. The van der Waals surface area contributed by atoms with Gasteiger partial charge in [0.15, 0.2) is 0 Å². The first kappa shape index (κ1) is 43.1. The molecule has 0 saturated carbocycles. The summed E-state index contributed by atoms with van der Waals surface area (Å²) < 4.78 is 26.2. The van der Waals surface area contributed by atoms with Gasteiger partial charge in [0, 0.05) is 26.2 Å². The Morgan fingerprint density at radius 2 is 0.562 bits per heavy atom. The van der Waals surface area contributed by atoms with Gasteiger partial charge in [-0.15, -0.1) is 0 Å². The second-order valence-electron chi connectivity index (χ2n) is 0.848. The molecule has 16 heavy (non-hydrogen) atoms. The fourth-order valence-corrected chi connectivity index (χ4v) is 0. The molecule has 0 heterocycles. The van der Waals surface area contributed by atoms with Crippen LogP contribution in [0, 0.1) is 0 Å². The number of hydrogen-bond acceptors (Lipinski definition) is 3. The topological polar surface area (TPSA) is 204 Å². The number of rotatable bonds is 0. The summed E-state index contributed by atoms with van der Waals surface area (Å²) in [5, 5.41) is 0. The molecule has 0 radical (unpaired) electrons. The molecule has 0 aromatic carbocycles. The normalized spacial score (nSPS) is 4.50. The first-order valence-electron chi connectivity index (χ1n) is 1.95. The molecule has 0 spiro atoms. The van der Waals surface area contributed by atoms with Gasteiger partial charge in [0.05, 0.1) is 0 Å². The fraction of sp³-hybridized carbons (Fsp3) is 0. The van der Waals surface area contributed by atoms with Gasteiger partial charge in [0.1, 0.15) is 0 Å². The Bertz CT molecular complexity index is 122. The summed E-state index contributed by atoms with van der Waals surface area (Å²) in [4.78, 5) is 42.9. The van der Waals surface area contributed by atoms with Crippen LogP contribution < -0.4 is 59.1 Å². The van der Waals surface area contributed by atoms with E-state index in [1.165, 1.54) is 0 Å². The molecule has 0 aliphatic heterocycles. The second kappa shape index (κ2) is 36.0. The summed E-state index contributed by atoms with van der Waals surface area (Å²) in [5.74, 6) is 0. The van der Waals surface area contributed by atoms with Gasteiger partial charge in [-0.1, -0.05) is 0 Å². The van der Waals surface area contributed by atoms with Crippen LogP contribution in [0.1, 0.15) is 0 Å². The molecule has 84 valence electrons. The molecular formula is H8Na2O10Si3Zr+2. The van der Waals surface area contributed by atoms with Gasteiger partial charge in [-0.25, -0.2) is 0 Å². The third-order valence-corrected chi connectivity index (χ3v) is 0. The van der Waals surface area contributed by atoms with Crippen molar-refractivity contribution in [3.05, 3.63) is 0 Å². The van der Waals surface area contributed by atoms with E-state index < -0.39 is 27.5 Å². The Hall–Kier alpha value is 1.69. The summed E-state index contributed by atoms with van der Waals surface area (Å²) in [6.07, 6.45) is 0. The van der Waals surface area contributed by atoms with Crippen molar-refractivity contribution < 1.29 is 133 Å². The van der Waals surface area contributed by atoms with Crippen molar-refractivity contribution in [1.82, 2.24) is 0 Å². The van der Waals surface area contributed by atoms with Crippen molar-refractivity contribution in [3.63, 3.8) is 0 Å². The summed E-state index contributed by atoms with van der Waals surface area (Å²) in [5.41, 5.74) is 0. The molecule has 0 aromatic rings. The van der Waals surface area contributed by atoms with Gasteiger partial charge in [-0.2, -0.15) is 0 Å². The van der Waals surface area contributed by atoms with Gasteiger partial charge in [0.25, 0.3) is 0 Å². The predicted octanol–water partition coefficient (Wildman–Crippen LogP) is -11.7. The van der Waals surface area contributed by atoms with Crippen LogP contribution >= 0.6 is 0 Å². The van der Waals surface area contributed by atoms with Crippen LogP contribution in [-0.4, -0.2) is 61.8 Å². The van der Waals surface area contributed by atoms with Gasteiger partial charge in [-0.05, 0) is 0 Å². The Balaban J connectivity index is -0.0000000135. The summed E-state index contributed by atoms with van der Waals surface area (Å²) >= 11 is 0. The van der Waals surface area contributed by atoms with E-state index in [9.17, 15) is 0 Å². The zero-order valence-electron chi connectivity index (χ0n) is 8.41. The standard InChI is InChI=1S/2Na.3H2O3Si.H2O.Zr/c;;3*1-4(2)3;;/h;;3*1-2H;1H2;/q2*+1;;;;;. The van der Waals surface area contributed by atoms with Crippen molar-refractivity contribution >= 4 is 27.5 Å². The monoisotopic (exact) mass is 388 g/mol. The predicted molar refractivity (Wildman–Crippen MR) is 36.2 cm³/mol. The molecule has 0 rings (SSSR count). The maximum Gasteiger partial charge on any atom is 1.00 e. The largest absolute Gasteiger partial charge is 1.00 e. The first-order valence-corrected chi connectivity index (χ1v) is 5.86. The van der Waals surface area contributed by atoms with E-state index in [4.69, 9.17) is 42.2 Å². The van der Waals surface area contributed by atoms with Crippen molar-refractivity contribution in [2.45, 2.75) is 0 Å². The molecule has 16 heteroatoms. The second-order valence-corrected chi connectivity index (χ2v) is 2.54. The molecule has 0 aromatic heterocycles. The van der Waals surface area contributed by atoms with Crippen LogP contribution in [0.3, 0.4) is 0 Å². The molecule has 0 aliphatic rings. The average molecular weight is 390 g/mol. The Morgan fingerprint density at radius 1 is 0.562 bits per heavy atom. The Morgan fingerprint density at radius 3 is 0.562 bits per heavy atom. The van der Waals surface area contributed by atoms with E-state index in [0.29, 0.717) is 0 Å². The molecule has 0 amide bonds. The van der Waals surface area contributed by atoms with Crippen molar-refractivity contribution in [2.75, 3.05) is 0 Å². The van der Waals surface area contributed by atoms with E-state index in [1.54, 1.807) is 0 Å². The molecule has 10 nitrogen and oxygen atoms in total. The maximum atomic E-state index is 8.74. The summed E-state index contributed by atoms with van der Waals surface area (Å²) in [6, 6.07) is 0. The van der Waals surface area contributed by atoms with Crippen LogP contribution in [0.25, 0.3) is 0 Å². The van der Waals surface area contributed by atoms with Gasteiger partial charge < -0.3 is 34.3 Å². The minimum Gasteiger partial charge on any atom is -0.511 e. The maximum absolute atomic E-state index is 8.74. The van der Waals surface area contributed by atoms with Gasteiger partial charge in [-0.3, -0.25) is 13.4 Å². The van der Waals surface area contributed by atoms with Crippen molar-refractivity contribution in [3.8, 4) is 0 Å². The molecular weight excluding hydrogens is 381 g/mol. The molecule has 0 bridgehead atoms. The molecule has 0 aliphatic carbocycles. The van der Waals surface area contributed by atoms with Crippen LogP contribution in [0.5, 0.6) is 0 Å². The molecule has 0 saturated heterocycles. The van der Waals surface area contributed by atoms with Crippen molar-refractivity contribution in [1.29, 1.82) is 0 Å². The van der Waals surface area contributed by atoms with Crippen LogP contribution in [-0.2, 0) is 39.6 Å². The zero-order valence-corrected chi connectivity index (χ0v) is 17.9. The van der Waals surface area contributed by atoms with Gasteiger partial charge in [0.2, 0.25) is 0 Å². The van der Waals surface area contributed by atoms with Crippen molar-refractivity contribution in [2.24, 2.45) is 0 Å². The fourth-order valence-electron chi connectivity index (χ4n) is 0. The first-order chi connectivity index (χ1) is 5.20. The molecule has 0 atom stereocenters. The molecule has 0 fully saturated rings. The van der Waals surface area contributed by atoms with Crippen LogP contribution in [0.2, 0.25) is 0 Å². The summed E-state index contributed by atoms with van der Waals surface area (Å²) in [6.45, 7) is 0. The smallest absolute Gasteiger partial charge is 0.511 e. The Kier molecular flexibility index (Phi) is 96.9. The minimum atomic E-state index is -3.13. The van der Waals surface area contributed by atoms with E-state index in [2.05, 4.69) is 0 Å².